The van der Waals surface area contributed by atoms with Gasteiger partial charge in [0.15, 0.2) is 6.61 Å². The molecule has 5 nitrogen and oxygen atoms in total. The SMILES string of the molecule is CCCCOc1ccc(C(=O)OCC(=O)Nc2ccc(C(C)(C)C)cc2)cc1. The molecule has 0 atom stereocenters. The third kappa shape index (κ3) is 6.72. The molecule has 0 aliphatic carbocycles. The Kier molecular flexibility index (Phi) is 7.61. The molecule has 0 fully saturated rings. The van der Waals surface area contributed by atoms with E-state index in [-0.39, 0.29) is 17.9 Å². The van der Waals surface area contributed by atoms with Crippen LogP contribution in [0.4, 0.5) is 5.69 Å². The monoisotopic (exact) mass is 383 g/mol. The first kappa shape index (κ1) is 21.5. The molecule has 0 aromatic heterocycles. The largest absolute Gasteiger partial charge is 0.494 e. The summed E-state index contributed by atoms with van der Waals surface area (Å²) in [5.74, 6) is -0.212. The van der Waals surface area contributed by atoms with Crippen LogP contribution in [-0.4, -0.2) is 25.1 Å². The van der Waals surface area contributed by atoms with Gasteiger partial charge in [0.05, 0.1) is 12.2 Å². The minimum absolute atomic E-state index is 0.0503. The molecule has 1 amide bonds. The van der Waals surface area contributed by atoms with Gasteiger partial charge < -0.3 is 14.8 Å². The summed E-state index contributed by atoms with van der Waals surface area (Å²) in [5, 5.41) is 2.73. The maximum Gasteiger partial charge on any atom is 0.338 e. The standard InChI is InChI=1S/C23H29NO4/c1-5-6-15-27-20-13-7-17(8-14-20)22(26)28-16-21(25)24-19-11-9-18(10-12-19)23(2,3)4/h7-14H,5-6,15-16H2,1-4H3,(H,24,25). The quantitative estimate of drug-likeness (QED) is 0.517. The van der Waals surface area contributed by atoms with E-state index in [0.29, 0.717) is 23.6 Å². The number of carbonyl (C=O) groups excluding carboxylic acids is 2. The lowest BCUT2D eigenvalue weighted by molar-refractivity contribution is -0.119. The van der Waals surface area contributed by atoms with Crippen LogP contribution in [0.3, 0.4) is 0 Å². The number of ether oxygens (including phenoxy) is 2. The minimum Gasteiger partial charge on any atom is -0.494 e. The van der Waals surface area contributed by atoms with Crippen molar-refractivity contribution in [1.29, 1.82) is 0 Å². The van der Waals surface area contributed by atoms with Gasteiger partial charge >= 0.3 is 5.97 Å². The highest BCUT2D eigenvalue weighted by atomic mass is 16.5. The van der Waals surface area contributed by atoms with Crippen LogP contribution in [0.2, 0.25) is 0 Å². The molecule has 0 saturated carbocycles. The van der Waals surface area contributed by atoms with Crippen molar-refractivity contribution < 1.29 is 19.1 Å². The summed E-state index contributed by atoms with van der Waals surface area (Å²) < 4.78 is 10.6. The van der Waals surface area contributed by atoms with E-state index in [2.05, 4.69) is 33.0 Å². The first-order valence-electron chi connectivity index (χ1n) is 9.60. The molecular formula is C23H29NO4. The van der Waals surface area contributed by atoms with Crippen molar-refractivity contribution in [2.45, 2.75) is 46.0 Å². The third-order valence-corrected chi connectivity index (χ3v) is 4.23. The maximum atomic E-state index is 12.1. The fourth-order valence-corrected chi connectivity index (χ4v) is 2.49. The maximum absolute atomic E-state index is 12.1. The van der Waals surface area contributed by atoms with Gasteiger partial charge in [0, 0.05) is 5.69 Å². The van der Waals surface area contributed by atoms with E-state index in [1.165, 1.54) is 5.56 Å². The first-order chi connectivity index (χ1) is 13.3. The zero-order valence-electron chi connectivity index (χ0n) is 17.1. The molecule has 5 heteroatoms. The number of hydrogen-bond donors (Lipinski definition) is 1. The Balaban J connectivity index is 1.81. The van der Waals surface area contributed by atoms with Crippen LogP contribution in [0.25, 0.3) is 0 Å². The number of carbonyl (C=O) groups is 2. The summed E-state index contributed by atoms with van der Waals surface area (Å²) in [6, 6.07) is 14.4. The van der Waals surface area contributed by atoms with Crippen LogP contribution in [0.1, 0.15) is 56.5 Å². The third-order valence-electron chi connectivity index (χ3n) is 4.23. The molecule has 0 radical (unpaired) electrons. The molecule has 0 heterocycles. The lowest BCUT2D eigenvalue weighted by atomic mass is 9.87. The van der Waals surface area contributed by atoms with Gasteiger partial charge in [0.2, 0.25) is 0 Å². The van der Waals surface area contributed by atoms with Crippen molar-refractivity contribution in [3.05, 3.63) is 59.7 Å². The van der Waals surface area contributed by atoms with Crippen molar-refractivity contribution in [1.82, 2.24) is 0 Å². The van der Waals surface area contributed by atoms with Crippen LogP contribution in [0, 0.1) is 0 Å². The lowest BCUT2D eigenvalue weighted by Gasteiger charge is -2.19. The zero-order chi connectivity index (χ0) is 20.6. The topological polar surface area (TPSA) is 64.6 Å². The molecule has 0 saturated heterocycles. The molecule has 0 unspecified atom stereocenters. The normalized spacial score (nSPS) is 11.0. The summed E-state index contributed by atoms with van der Waals surface area (Å²) in [5.41, 5.74) is 2.28. The van der Waals surface area contributed by atoms with Crippen molar-refractivity contribution in [3.8, 4) is 5.75 Å². The number of benzene rings is 2. The zero-order valence-corrected chi connectivity index (χ0v) is 17.1. The van der Waals surface area contributed by atoms with Crippen molar-refractivity contribution in [2.75, 3.05) is 18.5 Å². The van der Waals surface area contributed by atoms with Gasteiger partial charge in [-0.05, 0) is 53.8 Å². The molecule has 0 aliphatic rings. The summed E-state index contributed by atoms with van der Waals surface area (Å²) in [4.78, 5) is 24.1. The second-order valence-corrected chi connectivity index (χ2v) is 7.68. The Labute approximate surface area is 167 Å². The highest BCUT2D eigenvalue weighted by Gasteiger charge is 2.14. The van der Waals surface area contributed by atoms with Gasteiger partial charge in [-0.25, -0.2) is 4.79 Å². The van der Waals surface area contributed by atoms with Crippen LogP contribution in [-0.2, 0) is 14.9 Å². The van der Waals surface area contributed by atoms with E-state index in [1.54, 1.807) is 24.3 Å². The Hall–Kier alpha value is -2.82. The van der Waals surface area contributed by atoms with E-state index in [9.17, 15) is 9.59 Å². The molecule has 0 aliphatic heterocycles. The number of unbranched alkanes of at least 4 members (excludes halogenated alkanes) is 1. The molecular weight excluding hydrogens is 354 g/mol. The number of amides is 1. The molecule has 0 bridgehead atoms. The smallest absolute Gasteiger partial charge is 0.338 e. The Morgan fingerprint density at radius 1 is 0.964 bits per heavy atom. The molecule has 150 valence electrons. The number of nitrogens with one attached hydrogen (secondary N) is 1. The predicted molar refractivity (Wildman–Crippen MR) is 111 cm³/mol. The average molecular weight is 383 g/mol. The van der Waals surface area contributed by atoms with E-state index >= 15 is 0 Å². The van der Waals surface area contributed by atoms with Gasteiger partial charge in [0.1, 0.15) is 5.75 Å². The second kappa shape index (κ2) is 9.93. The average Bonchev–Trinajstić information content (AvgIpc) is 2.66. The summed E-state index contributed by atoms with van der Waals surface area (Å²) >= 11 is 0. The predicted octanol–water partition coefficient (Wildman–Crippen LogP) is 4.96. The fraction of sp³-hybridized carbons (Fsp3) is 0.391. The fourth-order valence-electron chi connectivity index (χ4n) is 2.49. The van der Waals surface area contributed by atoms with Crippen molar-refractivity contribution >= 4 is 17.6 Å². The molecule has 2 rings (SSSR count). The minimum atomic E-state index is -0.543. The Morgan fingerprint density at radius 2 is 1.61 bits per heavy atom. The lowest BCUT2D eigenvalue weighted by Crippen LogP contribution is -2.21. The van der Waals surface area contributed by atoms with Gasteiger partial charge in [-0.1, -0.05) is 46.2 Å². The van der Waals surface area contributed by atoms with Gasteiger partial charge in [-0.3, -0.25) is 4.79 Å². The number of rotatable bonds is 8. The summed E-state index contributed by atoms with van der Waals surface area (Å²) in [6.07, 6.45) is 2.05. The molecule has 0 spiro atoms. The van der Waals surface area contributed by atoms with Gasteiger partial charge in [0.25, 0.3) is 5.91 Å². The number of hydrogen-bond acceptors (Lipinski definition) is 4. The Morgan fingerprint density at radius 3 is 2.18 bits per heavy atom. The van der Waals surface area contributed by atoms with Gasteiger partial charge in [-0.2, -0.15) is 0 Å². The summed E-state index contributed by atoms with van der Waals surface area (Å²) in [6.45, 7) is 8.79. The molecule has 2 aromatic rings. The van der Waals surface area contributed by atoms with E-state index < -0.39 is 5.97 Å². The van der Waals surface area contributed by atoms with Crippen molar-refractivity contribution in [3.63, 3.8) is 0 Å². The van der Waals surface area contributed by atoms with Crippen LogP contribution < -0.4 is 10.1 Å². The molecule has 1 N–H and O–H groups in total. The van der Waals surface area contributed by atoms with Crippen molar-refractivity contribution in [2.24, 2.45) is 0 Å². The molecule has 2 aromatic carbocycles. The number of anilines is 1. The van der Waals surface area contributed by atoms with E-state index in [1.807, 2.05) is 24.3 Å². The first-order valence-corrected chi connectivity index (χ1v) is 9.60. The highest BCUT2D eigenvalue weighted by Crippen LogP contribution is 2.23. The van der Waals surface area contributed by atoms with Crippen LogP contribution in [0.15, 0.2) is 48.5 Å². The van der Waals surface area contributed by atoms with E-state index in [0.717, 1.165) is 12.8 Å². The molecule has 28 heavy (non-hydrogen) atoms. The van der Waals surface area contributed by atoms with Crippen LogP contribution >= 0.6 is 0 Å². The Bertz CT molecular complexity index is 774. The van der Waals surface area contributed by atoms with Crippen LogP contribution in [0.5, 0.6) is 5.75 Å². The van der Waals surface area contributed by atoms with E-state index in [4.69, 9.17) is 9.47 Å². The number of esters is 1. The highest BCUT2D eigenvalue weighted by molar-refractivity contribution is 5.95. The summed E-state index contributed by atoms with van der Waals surface area (Å²) in [7, 11) is 0. The van der Waals surface area contributed by atoms with Gasteiger partial charge in [-0.15, -0.1) is 0 Å². The second-order valence-electron chi connectivity index (χ2n) is 7.68.